The van der Waals surface area contributed by atoms with Gasteiger partial charge < -0.3 is 24.9 Å². The van der Waals surface area contributed by atoms with E-state index in [-0.39, 0.29) is 12.6 Å². The Balaban J connectivity index is 2.31. The van der Waals surface area contributed by atoms with Crippen molar-refractivity contribution in [3.05, 3.63) is 18.6 Å². The molecular formula is C12H19N5O2. The standard InChI is InChI=1S/C12H19N5O2/c1-3-13-10-6-17-5-4-14-12(17)11(16-10)15-9(7-18)8-19-2/h4-6,9,13,18H,3,7-8H2,1-2H3,(H,15,16). The summed E-state index contributed by atoms with van der Waals surface area (Å²) in [5.74, 6) is 1.38. The van der Waals surface area contributed by atoms with Gasteiger partial charge in [-0.15, -0.1) is 0 Å². The lowest BCUT2D eigenvalue weighted by molar-refractivity contribution is 0.153. The summed E-state index contributed by atoms with van der Waals surface area (Å²) in [6.45, 7) is 3.16. The maximum Gasteiger partial charge on any atom is 0.180 e. The van der Waals surface area contributed by atoms with E-state index in [2.05, 4.69) is 20.6 Å². The molecule has 2 aromatic heterocycles. The quantitative estimate of drug-likeness (QED) is 0.679. The summed E-state index contributed by atoms with van der Waals surface area (Å²) in [4.78, 5) is 8.72. The molecule has 3 N–H and O–H groups in total. The van der Waals surface area contributed by atoms with Gasteiger partial charge in [0.15, 0.2) is 11.5 Å². The highest BCUT2D eigenvalue weighted by Gasteiger charge is 2.12. The Morgan fingerprint density at radius 1 is 1.53 bits per heavy atom. The second-order valence-corrected chi connectivity index (χ2v) is 4.14. The molecule has 1 unspecified atom stereocenters. The molecule has 2 rings (SSSR count). The number of nitrogens with zero attached hydrogens (tertiary/aromatic N) is 3. The minimum absolute atomic E-state index is 0.0339. The lowest BCUT2D eigenvalue weighted by atomic mass is 10.3. The van der Waals surface area contributed by atoms with Crippen molar-refractivity contribution in [3.63, 3.8) is 0 Å². The van der Waals surface area contributed by atoms with Crippen molar-refractivity contribution < 1.29 is 9.84 Å². The number of hydrogen-bond donors (Lipinski definition) is 3. The molecule has 104 valence electrons. The number of ether oxygens (including phenoxy) is 1. The molecule has 19 heavy (non-hydrogen) atoms. The molecule has 0 aliphatic rings. The number of anilines is 2. The first-order valence-corrected chi connectivity index (χ1v) is 6.22. The van der Waals surface area contributed by atoms with Crippen LogP contribution in [0.5, 0.6) is 0 Å². The van der Waals surface area contributed by atoms with Crippen LogP contribution in [0.25, 0.3) is 5.65 Å². The van der Waals surface area contributed by atoms with Gasteiger partial charge in [-0.25, -0.2) is 9.97 Å². The second-order valence-electron chi connectivity index (χ2n) is 4.14. The van der Waals surface area contributed by atoms with Crippen LogP contribution in [0.15, 0.2) is 18.6 Å². The summed E-state index contributed by atoms with van der Waals surface area (Å²) in [6.07, 6.45) is 5.44. The van der Waals surface area contributed by atoms with Gasteiger partial charge in [0.05, 0.1) is 25.5 Å². The SMILES string of the molecule is CCNc1cn2ccnc2c(NC(CO)COC)n1. The molecule has 0 aromatic carbocycles. The van der Waals surface area contributed by atoms with Crippen molar-refractivity contribution >= 4 is 17.3 Å². The van der Waals surface area contributed by atoms with E-state index in [1.165, 1.54) is 0 Å². The van der Waals surface area contributed by atoms with Crippen LogP contribution in [-0.2, 0) is 4.74 Å². The number of fused-ring (bicyclic) bond motifs is 1. The molecule has 1 atom stereocenters. The van der Waals surface area contributed by atoms with Crippen LogP contribution >= 0.6 is 0 Å². The van der Waals surface area contributed by atoms with Gasteiger partial charge in [0.2, 0.25) is 0 Å². The van der Waals surface area contributed by atoms with E-state index in [0.717, 1.165) is 18.0 Å². The monoisotopic (exact) mass is 265 g/mol. The number of hydrogen-bond acceptors (Lipinski definition) is 6. The summed E-state index contributed by atoms with van der Waals surface area (Å²) in [6, 6.07) is -0.213. The first-order valence-electron chi connectivity index (χ1n) is 6.22. The molecule has 0 saturated heterocycles. The average Bonchev–Trinajstić information content (AvgIpc) is 2.87. The fraction of sp³-hybridized carbons (Fsp3) is 0.500. The van der Waals surface area contributed by atoms with E-state index in [1.54, 1.807) is 13.3 Å². The van der Waals surface area contributed by atoms with Gasteiger partial charge in [0, 0.05) is 26.0 Å². The van der Waals surface area contributed by atoms with E-state index in [4.69, 9.17) is 4.74 Å². The first-order chi connectivity index (χ1) is 9.28. The van der Waals surface area contributed by atoms with Crippen LogP contribution in [0.3, 0.4) is 0 Å². The molecule has 0 aliphatic carbocycles. The highest BCUT2D eigenvalue weighted by atomic mass is 16.5. The molecule has 0 amide bonds. The van der Waals surface area contributed by atoms with Crippen LogP contribution in [0, 0.1) is 0 Å². The second kappa shape index (κ2) is 6.35. The summed E-state index contributed by atoms with van der Waals surface area (Å²) in [5, 5.41) is 15.6. The fourth-order valence-electron chi connectivity index (χ4n) is 1.83. The van der Waals surface area contributed by atoms with Gasteiger partial charge in [0.1, 0.15) is 5.82 Å². The van der Waals surface area contributed by atoms with Crippen molar-refractivity contribution in [1.29, 1.82) is 0 Å². The van der Waals surface area contributed by atoms with Gasteiger partial charge >= 0.3 is 0 Å². The molecule has 0 aliphatic heterocycles. The Hall–Kier alpha value is -1.86. The molecule has 0 radical (unpaired) electrons. The van der Waals surface area contributed by atoms with Crippen LogP contribution < -0.4 is 10.6 Å². The zero-order valence-corrected chi connectivity index (χ0v) is 11.1. The van der Waals surface area contributed by atoms with Crippen molar-refractivity contribution in [2.45, 2.75) is 13.0 Å². The maximum absolute atomic E-state index is 9.30. The van der Waals surface area contributed by atoms with Crippen LogP contribution in [0.4, 0.5) is 11.6 Å². The van der Waals surface area contributed by atoms with Gasteiger partial charge in [-0.05, 0) is 6.92 Å². The Kier molecular flexibility index (Phi) is 4.53. The zero-order valence-electron chi connectivity index (χ0n) is 11.1. The third-order valence-electron chi connectivity index (χ3n) is 2.66. The largest absolute Gasteiger partial charge is 0.394 e. The summed E-state index contributed by atoms with van der Waals surface area (Å²) >= 11 is 0. The first kappa shape index (κ1) is 13.6. The van der Waals surface area contributed by atoms with E-state index < -0.39 is 0 Å². The normalized spacial score (nSPS) is 12.6. The van der Waals surface area contributed by atoms with Gasteiger partial charge in [-0.2, -0.15) is 0 Å². The lowest BCUT2D eigenvalue weighted by Gasteiger charge is -2.17. The van der Waals surface area contributed by atoms with Crippen molar-refractivity contribution in [3.8, 4) is 0 Å². The van der Waals surface area contributed by atoms with Crippen molar-refractivity contribution in [1.82, 2.24) is 14.4 Å². The van der Waals surface area contributed by atoms with E-state index >= 15 is 0 Å². The average molecular weight is 265 g/mol. The van der Waals surface area contributed by atoms with E-state index in [1.807, 2.05) is 23.7 Å². The van der Waals surface area contributed by atoms with Crippen molar-refractivity contribution in [2.75, 3.05) is 37.5 Å². The van der Waals surface area contributed by atoms with Gasteiger partial charge in [-0.3, -0.25) is 0 Å². The predicted molar refractivity (Wildman–Crippen MR) is 73.5 cm³/mol. The maximum atomic E-state index is 9.30. The number of imidazole rings is 1. The zero-order chi connectivity index (χ0) is 13.7. The Morgan fingerprint density at radius 2 is 2.37 bits per heavy atom. The summed E-state index contributed by atoms with van der Waals surface area (Å²) in [7, 11) is 1.60. The number of rotatable bonds is 7. The molecule has 7 heteroatoms. The van der Waals surface area contributed by atoms with Crippen LogP contribution in [0.1, 0.15) is 6.92 Å². The number of nitrogens with one attached hydrogen (secondary N) is 2. The molecule has 2 heterocycles. The number of aromatic nitrogens is 3. The lowest BCUT2D eigenvalue weighted by Crippen LogP contribution is -2.29. The number of methoxy groups -OCH3 is 1. The molecule has 7 nitrogen and oxygen atoms in total. The smallest absolute Gasteiger partial charge is 0.180 e. The molecule has 0 spiro atoms. The Morgan fingerprint density at radius 3 is 3.05 bits per heavy atom. The number of aliphatic hydroxyl groups excluding tert-OH is 1. The highest BCUT2D eigenvalue weighted by Crippen LogP contribution is 2.17. The fourth-order valence-corrected chi connectivity index (χ4v) is 1.83. The Labute approximate surface area is 111 Å². The highest BCUT2D eigenvalue weighted by molar-refractivity contribution is 5.65. The molecular weight excluding hydrogens is 246 g/mol. The molecule has 2 aromatic rings. The predicted octanol–water partition coefficient (Wildman–Crippen LogP) is 0.580. The topological polar surface area (TPSA) is 83.7 Å². The van der Waals surface area contributed by atoms with Crippen LogP contribution in [-0.4, -0.2) is 52.4 Å². The number of aliphatic hydroxyl groups is 1. The van der Waals surface area contributed by atoms with Crippen molar-refractivity contribution in [2.24, 2.45) is 0 Å². The van der Waals surface area contributed by atoms with Gasteiger partial charge in [0.25, 0.3) is 0 Å². The third kappa shape index (κ3) is 3.12. The molecule has 0 bridgehead atoms. The minimum atomic E-state index is -0.213. The minimum Gasteiger partial charge on any atom is -0.394 e. The molecule has 0 fully saturated rings. The van der Waals surface area contributed by atoms with Crippen LogP contribution in [0.2, 0.25) is 0 Å². The summed E-state index contributed by atoms with van der Waals surface area (Å²) in [5.41, 5.74) is 0.719. The van der Waals surface area contributed by atoms with E-state index in [9.17, 15) is 5.11 Å². The van der Waals surface area contributed by atoms with E-state index in [0.29, 0.717) is 12.4 Å². The summed E-state index contributed by atoms with van der Waals surface area (Å²) < 4.78 is 6.93. The Bertz CT molecular complexity index is 528. The molecule has 0 saturated carbocycles. The third-order valence-corrected chi connectivity index (χ3v) is 2.66. The van der Waals surface area contributed by atoms with Gasteiger partial charge in [-0.1, -0.05) is 0 Å².